The standard InChI is InChI=1S/C15H12N2O/c18-17(13-6-2-1-3-7-13)11-12-10-16-15-9-5-4-8-14(12)15/h1-11,18H/b12-11-. The van der Waals surface area contributed by atoms with E-state index < -0.39 is 0 Å². The highest BCUT2D eigenvalue weighted by Crippen LogP contribution is 2.31. The largest absolute Gasteiger partial charge is 0.284 e. The molecule has 0 radical (unpaired) electrons. The Morgan fingerprint density at radius 2 is 1.67 bits per heavy atom. The van der Waals surface area contributed by atoms with Crippen LogP contribution in [0.4, 0.5) is 11.4 Å². The van der Waals surface area contributed by atoms with E-state index >= 15 is 0 Å². The second kappa shape index (κ2) is 4.47. The predicted octanol–water partition coefficient (Wildman–Crippen LogP) is 3.64. The average Bonchev–Trinajstić information content (AvgIpc) is 2.83. The van der Waals surface area contributed by atoms with E-state index in [0.29, 0.717) is 0 Å². The van der Waals surface area contributed by atoms with E-state index in [-0.39, 0.29) is 0 Å². The van der Waals surface area contributed by atoms with Gasteiger partial charge in [0.25, 0.3) is 0 Å². The topological polar surface area (TPSA) is 35.8 Å². The summed E-state index contributed by atoms with van der Waals surface area (Å²) in [5.74, 6) is 0. The number of aliphatic imine (C=N–C) groups is 1. The number of fused-ring (bicyclic) bond motifs is 1. The van der Waals surface area contributed by atoms with E-state index in [0.717, 1.165) is 27.6 Å². The van der Waals surface area contributed by atoms with Crippen LogP contribution < -0.4 is 5.06 Å². The molecule has 1 aliphatic rings. The summed E-state index contributed by atoms with van der Waals surface area (Å²) in [5.41, 5.74) is 3.59. The lowest BCUT2D eigenvalue weighted by Crippen LogP contribution is -2.09. The Morgan fingerprint density at radius 1 is 0.944 bits per heavy atom. The monoisotopic (exact) mass is 236 g/mol. The zero-order chi connectivity index (χ0) is 12.4. The van der Waals surface area contributed by atoms with Gasteiger partial charge in [-0.2, -0.15) is 0 Å². The van der Waals surface area contributed by atoms with Gasteiger partial charge < -0.3 is 0 Å². The zero-order valence-electron chi connectivity index (χ0n) is 9.69. The highest BCUT2D eigenvalue weighted by Gasteiger charge is 2.12. The molecule has 0 aromatic heterocycles. The number of anilines is 1. The van der Waals surface area contributed by atoms with Crippen LogP contribution in [0.1, 0.15) is 5.56 Å². The Kier molecular flexibility index (Phi) is 2.67. The van der Waals surface area contributed by atoms with Gasteiger partial charge in [-0.15, -0.1) is 0 Å². The van der Waals surface area contributed by atoms with Gasteiger partial charge in [-0.1, -0.05) is 36.4 Å². The molecule has 2 aromatic rings. The summed E-state index contributed by atoms with van der Waals surface area (Å²) >= 11 is 0. The van der Waals surface area contributed by atoms with Crippen molar-refractivity contribution >= 4 is 23.2 Å². The molecule has 0 saturated heterocycles. The highest BCUT2D eigenvalue weighted by atomic mass is 16.5. The number of hydrogen-bond acceptors (Lipinski definition) is 3. The van der Waals surface area contributed by atoms with Crippen LogP contribution in [0.2, 0.25) is 0 Å². The average molecular weight is 236 g/mol. The molecule has 0 atom stereocenters. The fraction of sp³-hybridized carbons (Fsp3) is 0. The van der Waals surface area contributed by atoms with Crippen molar-refractivity contribution in [3.05, 3.63) is 66.4 Å². The maximum atomic E-state index is 10.0. The number of benzene rings is 2. The molecular formula is C15H12N2O. The van der Waals surface area contributed by atoms with Gasteiger partial charge in [-0.3, -0.25) is 10.2 Å². The van der Waals surface area contributed by atoms with Gasteiger partial charge in [0, 0.05) is 23.6 Å². The lowest BCUT2D eigenvalue weighted by molar-refractivity contribution is 0.296. The third kappa shape index (κ3) is 1.92. The molecule has 88 valence electrons. The fourth-order valence-corrected chi connectivity index (χ4v) is 1.93. The normalized spacial score (nSPS) is 14.8. The minimum Gasteiger partial charge on any atom is -0.284 e. The van der Waals surface area contributed by atoms with Crippen LogP contribution in [0.15, 0.2) is 65.8 Å². The Bertz CT molecular complexity index is 617. The van der Waals surface area contributed by atoms with E-state index in [1.807, 2.05) is 54.6 Å². The van der Waals surface area contributed by atoms with Gasteiger partial charge in [0.05, 0.1) is 11.4 Å². The molecule has 2 aromatic carbocycles. The first-order valence-corrected chi connectivity index (χ1v) is 5.73. The van der Waals surface area contributed by atoms with E-state index in [1.165, 1.54) is 0 Å². The summed E-state index contributed by atoms with van der Waals surface area (Å²) in [4.78, 5) is 4.30. The van der Waals surface area contributed by atoms with Crippen LogP contribution in [0.5, 0.6) is 0 Å². The smallest absolute Gasteiger partial charge is 0.0709 e. The third-order valence-electron chi connectivity index (χ3n) is 2.84. The molecule has 1 N–H and O–H groups in total. The first kappa shape index (κ1) is 10.7. The summed E-state index contributed by atoms with van der Waals surface area (Å²) in [6, 6.07) is 17.2. The summed E-state index contributed by atoms with van der Waals surface area (Å²) in [6.45, 7) is 0. The van der Waals surface area contributed by atoms with Gasteiger partial charge in [0.2, 0.25) is 0 Å². The second-order valence-electron chi connectivity index (χ2n) is 4.04. The quantitative estimate of drug-likeness (QED) is 0.808. The van der Waals surface area contributed by atoms with Gasteiger partial charge in [0.1, 0.15) is 0 Å². The molecule has 3 nitrogen and oxygen atoms in total. The van der Waals surface area contributed by atoms with Crippen molar-refractivity contribution < 1.29 is 5.21 Å². The lowest BCUT2D eigenvalue weighted by Gasteiger charge is -2.12. The maximum absolute atomic E-state index is 10.0. The number of para-hydroxylation sites is 2. The molecule has 0 aliphatic carbocycles. The SMILES string of the molecule is ON(/C=C1/C=Nc2ccccc21)c1ccccc1. The molecule has 0 amide bonds. The van der Waals surface area contributed by atoms with E-state index in [9.17, 15) is 5.21 Å². The fourth-order valence-electron chi connectivity index (χ4n) is 1.93. The molecule has 3 rings (SSSR count). The lowest BCUT2D eigenvalue weighted by atomic mass is 10.1. The van der Waals surface area contributed by atoms with Gasteiger partial charge in [0.15, 0.2) is 0 Å². The van der Waals surface area contributed by atoms with Crippen molar-refractivity contribution in [3.8, 4) is 0 Å². The molecule has 0 fully saturated rings. The van der Waals surface area contributed by atoms with Crippen LogP contribution in [-0.4, -0.2) is 11.4 Å². The summed E-state index contributed by atoms with van der Waals surface area (Å²) < 4.78 is 0. The van der Waals surface area contributed by atoms with Gasteiger partial charge >= 0.3 is 0 Å². The predicted molar refractivity (Wildman–Crippen MR) is 73.3 cm³/mol. The van der Waals surface area contributed by atoms with Gasteiger partial charge in [-0.05, 0) is 18.2 Å². The molecule has 1 aliphatic heterocycles. The summed E-state index contributed by atoms with van der Waals surface area (Å²) in [6.07, 6.45) is 3.43. The Morgan fingerprint density at radius 3 is 2.50 bits per heavy atom. The number of allylic oxidation sites excluding steroid dienone is 1. The molecule has 0 spiro atoms. The first-order valence-electron chi connectivity index (χ1n) is 5.73. The van der Waals surface area contributed by atoms with Crippen molar-refractivity contribution in [2.24, 2.45) is 4.99 Å². The molecular weight excluding hydrogens is 224 g/mol. The van der Waals surface area contributed by atoms with E-state index in [4.69, 9.17) is 0 Å². The molecule has 0 unspecified atom stereocenters. The van der Waals surface area contributed by atoms with Crippen LogP contribution in [0.25, 0.3) is 5.57 Å². The molecule has 1 heterocycles. The van der Waals surface area contributed by atoms with Crippen molar-refractivity contribution in [3.63, 3.8) is 0 Å². The van der Waals surface area contributed by atoms with Crippen LogP contribution in [0, 0.1) is 0 Å². The van der Waals surface area contributed by atoms with Crippen LogP contribution in [-0.2, 0) is 0 Å². The van der Waals surface area contributed by atoms with Crippen molar-refractivity contribution in [2.45, 2.75) is 0 Å². The molecule has 0 saturated carbocycles. The van der Waals surface area contributed by atoms with Crippen molar-refractivity contribution in [2.75, 3.05) is 5.06 Å². The summed E-state index contributed by atoms with van der Waals surface area (Å²) in [7, 11) is 0. The van der Waals surface area contributed by atoms with Gasteiger partial charge in [-0.25, -0.2) is 5.06 Å². The highest BCUT2D eigenvalue weighted by molar-refractivity contribution is 6.16. The molecule has 3 heteroatoms. The minimum atomic E-state index is 0.725. The second-order valence-corrected chi connectivity index (χ2v) is 4.04. The molecule has 18 heavy (non-hydrogen) atoms. The van der Waals surface area contributed by atoms with E-state index in [2.05, 4.69) is 4.99 Å². The summed E-state index contributed by atoms with van der Waals surface area (Å²) in [5, 5.41) is 11.1. The molecule has 0 bridgehead atoms. The van der Waals surface area contributed by atoms with E-state index in [1.54, 1.807) is 12.4 Å². The van der Waals surface area contributed by atoms with Crippen molar-refractivity contribution in [1.29, 1.82) is 0 Å². The Hall–Kier alpha value is -2.39. The maximum Gasteiger partial charge on any atom is 0.0709 e. The number of nitrogens with zero attached hydrogens (tertiary/aromatic N) is 2. The number of rotatable bonds is 2. The number of hydrogen-bond donors (Lipinski definition) is 1. The first-order chi connectivity index (χ1) is 8.84. The van der Waals surface area contributed by atoms with Crippen molar-refractivity contribution in [1.82, 2.24) is 0 Å². The van der Waals surface area contributed by atoms with Crippen LogP contribution >= 0.6 is 0 Å². The Balaban J connectivity index is 1.93. The third-order valence-corrected chi connectivity index (χ3v) is 2.84. The zero-order valence-corrected chi connectivity index (χ0v) is 9.69. The number of hydroxylamine groups is 1. The minimum absolute atomic E-state index is 0.725. The van der Waals surface area contributed by atoms with Crippen LogP contribution in [0.3, 0.4) is 0 Å². The Labute approximate surface area is 105 Å².